The van der Waals surface area contributed by atoms with Gasteiger partial charge in [0.05, 0.1) is 11.6 Å². The minimum atomic E-state index is -0.805. The summed E-state index contributed by atoms with van der Waals surface area (Å²) < 4.78 is 6.25. The van der Waals surface area contributed by atoms with Crippen LogP contribution in [0.3, 0.4) is 0 Å². The van der Waals surface area contributed by atoms with Crippen molar-refractivity contribution >= 4 is 44.1 Å². The molecule has 1 unspecified atom stereocenters. The molecule has 156 valence electrons. The van der Waals surface area contributed by atoms with Crippen LogP contribution in [0.1, 0.15) is 22.0 Å². The number of aliphatic hydroxyl groups excluding tert-OH is 1. The van der Waals surface area contributed by atoms with Crippen molar-refractivity contribution in [1.82, 2.24) is 4.98 Å². The van der Waals surface area contributed by atoms with E-state index in [1.165, 1.54) is 16.2 Å². The quantitative estimate of drug-likeness (QED) is 0.356. The molecule has 1 aliphatic heterocycles. The summed E-state index contributed by atoms with van der Waals surface area (Å²) in [6, 6.07) is 13.0. The number of ether oxygens (including phenoxy) is 1. The van der Waals surface area contributed by atoms with Crippen LogP contribution in [0.15, 0.2) is 88.6 Å². The highest BCUT2D eigenvalue weighted by Gasteiger charge is 2.45. The van der Waals surface area contributed by atoms with Crippen LogP contribution in [0.5, 0.6) is 5.75 Å². The number of halogens is 1. The average molecular weight is 497 g/mol. The number of Topliss-reactive ketones (excluding diaryl/α,β-unsaturated/α-hetero) is 1. The van der Waals surface area contributed by atoms with Gasteiger partial charge in [-0.15, -0.1) is 11.3 Å². The lowest BCUT2D eigenvalue weighted by molar-refractivity contribution is -0.117. The summed E-state index contributed by atoms with van der Waals surface area (Å²) in [4.78, 5) is 32.0. The monoisotopic (exact) mass is 496 g/mol. The number of aromatic nitrogens is 1. The predicted molar refractivity (Wildman–Crippen MR) is 123 cm³/mol. The molecule has 31 heavy (non-hydrogen) atoms. The second kappa shape index (κ2) is 8.87. The van der Waals surface area contributed by atoms with E-state index in [1.807, 2.05) is 18.2 Å². The van der Waals surface area contributed by atoms with Crippen molar-refractivity contribution < 1.29 is 19.4 Å². The average Bonchev–Trinajstić information content (AvgIpc) is 3.39. The summed E-state index contributed by atoms with van der Waals surface area (Å²) in [5.74, 6) is -1.08. The molecule has 1 atom stereocenters. The second-order valence-electron chi connectivity index (χ2n) is 6.66. The first-order chi connectivity index (χ1) is 15.0. The van der Waals surface area contributed by atoms with Crippen LogP contribution in [-0.4, -0.2) is 28.4 Å². The standard InChI is InChI=1S/C23H17BrN2O4S/c1-2-11-30-17-8-6-14(7-9-17)20(27)18-19(15-4-3-5-16(24)13-15)26(22(29)21(18)28)23-25-10-12-31-23/h2-10,12-13,19,28H,1,11H2. The number of amides is 1. The molecule has 1 aliphatic rings. The largest absolute Gasteiger partial charge is 0.503 e. The van der Waals surface area contributed by atoms with Crippen LogP contribution >= 0.6 is 27.3 Å². The number of nitrogens with zero attached hydrogens (tertiary/aromatic N) is 2. The molecule has 0 saturated heterocycles. The van der Waals surface area contributed by atoms with Gasteiger partial charge in [-0.3, -0.25) is 14.5 Å². The van der Waals surface area contributed by atoms with Crippen LogP contribution in [0.2, 0.25) is 0 Å². The molecule has 1 amide bonds. The number of carbonyl (C=O) groups is 2. The Kier molecular flexibility index (Phi) is 6.01. The molecular weight excluding hydrogens is 480 g/mol. The van der Waals surface area contributed by atoms with E-state index in [0.29, 0.717) is 28.6 Å². The van der Waals surface area contributed by atoms with Crippen LogP contribution < -0.4 is 9.64 Å². The number of hydrogen-bond donors (Lipinski definition) is 1. The minimum Gasteiger partial charge on any atom is -0.503 e. The van der Waals surface area contributed by atoms with Crippen molar-refractivity contribution in [3.8, 4) is 5.75 Å². The van der Waals surface area contributed by atoms with Gasteiger partial charge in [-0.2, -0.15) is 0 Å². The molecule has 0 saturated carbocycles. The number of hydrogen-bond acceptors (Lipinski definition) is 6. The Balaban J connectivity index is 1.77. The number of aliphatic hydroxyl groups is 1. The summed E-state index contributed by atoms with van der Waals surface area (Å²) >= 11 is 4.69. The van der Waals surface area contributed by atoms with Crippen molar-refractivity contribution in [2.45, 2.75) is 6.04 Å². The molecule has 1 N–H and O–H groups in total. The van der Waals surface area contributed by atoms with E-state index < -0.39 is 23.5 Å². The van der Waals surface area contributed by atoms with Gasteiger partial charge in [-0.1, -0.05) is 40.7 Å². The smallest absolute Gasteiger partial charge is 0.296 e. The lowest BCUT2D eigenvalue weighted by Gasteiger charge is -2.24. The molecule has 0 bridgehead atoms. The second-order valence-corrected chi connectivity index (χ2v) is 8.45. The molecular formula is C23H17BrN2O4S. The van der Waals surface area contributed by atoms with Crippen LogP contribution in [-0.2, 0) is 4.79 Å². The first-order valence-corrected chi connectivity index (χ1v) is 11.0. The Morgan fingerprint density at radius 3 is 2.71 bits per heavy atom. The first-order valence-electron chi connectivity index (χ1n) is 9.31. The lowest BCUT2D eigenvalue weighted by atomic mass is 9.93. The molecule has 2 heterocycles. The van der Waals surface area contributed by atoms with Crippen molar-refractivity contribution in [3.05, 3.63) is 99.7 Å². The highest BCUT2D eigenvalue weighted by Crippen LogP contribution is 2.43. The van der Waals surface area contributed by atoms with Gasteiger partial charge < -0.3 is 9.84 Å². The maximum Gasteiger partial charge on any atom is 0.296 e. The van der Waals surface area contributed by atoms with Gasteiger partial charge in [-0.25, -0.2) is 4.98 Å². The molecule has 4 rings (SSSR count). The van der Waals surface area contributed by atoms with E-state index in [0.717, 1.165) is 4.47 Å². The molecule has 2 aromatic carbocycles. The van der Waals surface area contributed by atoms with E-state index in [-0.39, 0.29) is 5.57 Å². The fourth-order valence-electron chi connectivity index (χ4n) is 3.37. The number of anilines is 1. The molecule has 3 aromatic rings. The zero-order chi connectivity index (χ0) is 22.0. The van der Waals surface area contributed by atoms with Gasteiger partial charge in [-0.05, 0) is 42.0 Å². The van der Waals surface area contributed by atoms with Crippen LogP contribution in [0, 0.1) is 0 Å². The fourth-order valence-corrected chi connectivity index (χ4v) is 4.46. The van der Waals surface area contributed by atoms with Crippen molar-refractivity contribution in [1.29, 1.82) is 0 Å². The fraction of sp³-hybridized carbons (Fsp3) is 0.0870. The molecule has 0 radical (unpaired) electrons. The van der Waals surface area contributed by atoms with E-state index in [4.69, 9.17) is 4.74 Å². The Hall–Kier alpha value is -3.23. The van der Waals surface area contributed by atoms with Crippen LogP contribution in [0.25, 0.3) is 0 Å². The van der Waals surface area contributed by atoms with E-state index in [2.05, 4.69) is 27.5 Å². The zero-order valence-corrected chi connectivity index (χ0v) is 18.6. The minimum absolute atomic E-state index is 0.0121. The maximum atomic E-state index is 13.4. The van der Waals surface area contributed by atoms with E-state index in [9.17, 15) is 14.7 Å². The van der Waals surface area contributed by atoms with Gasteiger partial charge in [0.1, 0.15) is 12.4 Å². The number of rotatable bonds is 7. The number of thiazole rings is 1. The molecule has 8 heteroatoms. The third-order valence-electron chi connectivity index (χ3n) is 4.73. The summed E-state index contributed by atoms with van der Waals surface area (Å²) in [5.41, 5.74) is 1.02. The van der Waals surface area contributed by atoms with Gasteiger partial charge in [0, 0.05) is 21.6 Å². The molecule has 0 fully saturated rings. The summed E-state index contributed by atoms with van der Waals surface area (Å²) in [6.45, 7) is 3.95. The Bertz CT molecular complexity index is 1170. The molecule has 0 aliphatic carbocycles. The summed E-state index contributed by atoms with van der Waals surface area (Å²) in [6.07, 6.45) is 3.20. The highest BCUT2D eigenvalue weighted by molar-refractivity contribution is 9.10. The number of carbonyl (C=O) groups excluding carboxylic acids is 2. The molecule has 0 spiro atoms. The third-order valence-corrected chi connectivity index (χ3v) is 5.99. The Morgan fingerprint density at radius 2 is 2.06 bits per heavy atom. The maximum absolute atomic E-state index is 13.4. The topological polar surface area (TPSA) is 79.7 Å². The third kappa shape index (κ3) is 4.04. The predicted octanol–water partition coefficient (Wildman–Crippen LogP) is 5.25. The van der Waals surface area contributed by atoms with Crippen molar-refractivity contribution in [3.63, 3.8) is 0 Å². The SMILES string of the molecule is C=CCOc1ccc(C(=O)C2=C(O)C(=O)N(c3nccs3)C2c2cccc(Br)c2)cc1. The number of ketones is 1. The zero-order valence-electron chi connectivity index (χ0n) is 16.2. The van der Waals surface area contributed by atoms with Crippen LogP contribution in [0.4, 0.5) is 5.13 Å². The van der Waals surface area contributed by atoms with Crippen molar-refractivity contribution in [2.75, 3.05) is 11.5 Å². The first kappa shape index (κ1) is 21.0. The van der Waals surface area contributed by atoms with E-state index >= 15 is 0 Å². The number of benzene rings is 2. The summed E-state index contributed by atoms with van der Waals surface area (Å²) in [7, 11) is 0. The van der Waals surface area contributed by atoms with Crippen molar-refractivity contribution in [2.24, 2.45) is 0 Å². The van der Waals surface area contributed by atoms with Gasteiger partial charge in [0.15, 0.2) is 16.7 Å². The van der Waals surface area contributed by atoms with Gasteiger partial charge in [0.25, 0.3) is 5.91 Å². The summed E-state index contributed by atoms with van der Waals surface area (Å²) in [5, 5.41) is 12.9. The Labute approximate surface area is 191 Å². The highest BCUT2D eigenvalue weighted by atomic mass is 79.9. The van der Waals surface area contributed by atoms with Gasteiger partial charge >= 0.3 is 0 Å². The Morgan fingerprint density at radius 1 is 1.29 bits per heavy atom. The van der Waals surface area contributed by atoms with E-state index in [1.54, 1.807) is 48.0 Å². The lowest BCUT2D eigenvalue weighted by Crippen LogP contribution is -2.30. The molecule has 6 nitrogen and oxygen atoms in total. The molecule has 1 aromatic heterocycles. The van der Waals surface area contributed by atoms with Gasteiger partial charge in [0.2, 0.25) is 0 Å². The normalized spacial score (nSPS) is 16.0.